The lowest BCUT2D eigenvalue weighted by molar-refractivity contribution is 0.305. The maximum Gasteiger partial charge on any atom is 0.140 e. The molecule has 0 unspecified atom stereocenters. The highest BCUT2D eigenvalue weighted by Gasteiger charge is 2.03. The maximum absolute atomic E-state index is 5.75. The molecule has 3 nitrogen and oxygen atoms in total. The van der Waals surface area contributed by atoms with Crippen molar-refractivity contribution < 1.29 is 4.74 Å². The predicted octanol–water partition coefficient (Wildman–Crippen LogP) is 3.56. The highest BCUT2D eigenvalue weighted by Crippen LogP contribution is 2.20. The second-order valence-electron chi connectivity index (χ2n) is 4.76. The van der Waals surface area contributed by atoms with E-state index < -0.39 is 0 Å². The van der Waals surface area contributed by atoms with Crippen LogP contribution in [0.2, 0.25) is 0 Å². The zero-order valence-corrected chi connectivity index (χ0v) is 12.5. The van der Waals surface area contributed by atoms with Crippen LogP contribution < -0.4 is 10.1 Å². The Hall–Kier alpha value is -1.39. The molecule has 0 aliphatic rings. The zero-order valence-electron chi connectivity index (χ0n) is 11.6. The molecule has 1 aromatic heterocycles. The first-order valence-electron chi connectivity index (χ1n) is 6.50. The Kier molecular flexibility index (Phi) is 4.93. The second kappa shape index (κ2) is 6.68. The topological polar surface area (TPSA) is 34.2 Å². The molecule has 1 heterocycles. The lowest BCUT2D eigenvalue weighted by atomic mass is 10.0. The van der Waals surface area contributed by atoms with Gasteiger partial charge in [0.05, 0.1) is 0 Å². The second-order valence-corrected chi connectivity index (χ2v) is 5.96. The van der Waals surface area contributed by atoms with Gasteiger partial charge in [0, 0.05) is 17.6 Å². The number of nitrogens with one attached hydrogen (secondary N) is 1. The molecule has 0 saturated carbocycles. The Balaban J connectivity index is 1.90. The minimum absolute atomic E-state index is 0.537. The van der Waals surface area contributed by atoms with Gasteiger partial charge in [0.15, 0.2) is 0 Å². The van der Waals surface area contributed by atoms with Crippen LogP contribution in [0.15, 0.2) is 30.5 Å². The van der Waals surface area contributed by atoms with Gasteiger partial charge in [-0.1, -0.05) is 26.0 Å². The summed E-state index contributed by atoms with van der Waals surface area (Å²) in [4.78, 5) is 5.58. The van der Waals surface area contributed by atoms with Gasteiger partial charge in [0.2, 0.25) is 0 Å². The van der Waals surface area contributed by atoms with Gasteiger partial charge in [-0.05, 0) is 30.7 Å². The summed E-state index contributed by atoms with van der Waals surface area (Å²) in [6.07, 6.45) is 1.90. The molecule has 1 aromatic carbocycles. The molecule has 0 atom stereocenters. The molecule has 4 heteroatoms. The Bertz CT molecular complexity index is 505. The third-order valence-electron chi connectivity index (χ3n) is 2.86. The first kappa shape index (κ1) is 14.0. The molecule has 0 spiro atoms. The van der Waals surface area contributed by atoms with Crippen molar-refractivity contribution in [3.8, 4) is 5.75 Å². The molecule has 0 fully saturated rings. The Morgan fingerprint density at radius 1 is 1.26 bits per heavy atom. The van der Waals surface area contributed by atoms with E-state index in [9.17, 15) is 0 Å². The first-order chi connectivity index (χ1) is 9.19. The smallest absolute Gasteiger partial charge is 0.140 e. The summed E-state index contributed by atoms with van der Waals surface area (Å²) in [5.74, 6) is 1.45. The first-order valence-corrected chi connectivity index (χ1v) is 7.31. The van der Waals surface area contributed by atoms with Crippen molar-refractivity contribution in [3.05, 3.63) is 45.9 Å². The zero-order chi connectivity index (χ0) is 13.7. The minimum Gasteiger partial charge on any atom is -0.486 e. The fourth-order valence-electron chi connectivity index (χ4n) is 1.76. The molecule has 0 aliphatic carbocycles. The van der Waals surface area contributed by atoms with Crippen LogP contribution in [0.1, 0.15) is 35.2 Å². The lowest BCUT2D eigenvalue weighted by Crippen LogP contribution is -2.02. The Labute approximate surface area is 118 Å². The van der Waals surface area contributed by atoms with E-state index in [2.05, 4.69) is 36.3 Å². The number of rotatable bonds is 6. The minimum atomic E-state index is 0.537. The van der Waals surface area contributed by atoms with E-state index in [-0.39, 0.29) is 0 Å². The monoisotopic (exact) mass is 276 g/mol. The van der Waals surface area contributed by atoms with Gasteiger partial charge in [0.1, 0.15) is 17.4 Å². The van der Waals surface area contributed by atoms with Crippen LogP contribution in [0.25, 0.3) is 0 Å². The van der Waals surface area contributed by atoms with Crippen LogP contribution in [0.5, 0.6) is 5.75 Å². The highest BCUT2D eigenvalue weighted by molar-refractivity contribution is 7.11. The number of nitrogens with zero attached hydrogens (tertiary/aromatic N) is 1. The molecule has 0 amide bonds. The predicted molar refractivity (Wildman–Crippen MR) is 79.7 cm³/mol. The van der Waals surface area contributed by atoms with Crippen molar-refractivity contribution in [2.75, 3.05) is 7.05 Å². The fourth-order valence-corrected chi connectivity index (χ4v) is 2.61. The summed E-state index contributed by atoms with van der Waals surface area (Å²) in [6, 6.07) is 8.29. The molecule has 1 N–H and O–H groups in total. The number of ether oxygens (including phenoxy) is 1. The standard InChI is InChI=1S/C15H20N2OS/c1-11(2)12-4-6-13(7-5-12)18-10-15-17-9-14(19-15)8-16-3/h4-7,9,11,16H,8,10H2,1-3H3. The van der Waals surface area contributed by atoms with E-state index in [0.29, 0.717) is 12.5 Å². The fraction of sp³-hybridized carbons (Fsp3) is 0.400. The van der Waals surface area contributed by atoms with Crippen molar-refractivity contribution in [2.45, 2.75) is 32.9 Å². The summed E-state index contributed by atoms with van der Waals surface area (Å²) in [5, 5.41) is 4.13. The molecule has 19 heavy (non-hydrogen) atoms. The number of aromatic nitrogens is 1. The van der Waals surface area contributed by atoms with Crippen LogP contribution in [-0.2, 0) is 13.2 Å². The molecule has 0 bridgehead atoms. The molecule has 2 rings (SSSR count). The molecule has 2 aromatic rings. The van der Waals surface area contributed by atoms with Gasteiger partial charge in [-0.25, -0.2) is 4.98 Å². The van der Waals surface area contributed by atoms with Crippen molar-refractivity contribution in [1.82, 2.24) is 10.3 Å². The van der Waals surface area contributed by atoms with E-state index in [1.165, 1.54) is 10.4 Å². The summed E-state index contributed by atoms with van der Waals surface area (Å²) in [6.45, 7) is 5.78. The normalized spacial score (nSPS) is 10.9. The third-order valence-corrected chi connectivity index (χ3v) is 3.83. The Morgan fingerprint density at radius 3 is 2.63 bits per heavy atom. The quantitative estimate of drug-likeness (QED) is 0.876. The average Bonchev–Trinajstić information content (AvgIpc) is 2.85. The maximum atomic E-state index is 5.75. The Morgan fingerprint density at radius 2 is 2.00 bits per heavy atom. The number of thiazole rings is 1. The number of hydrogen-bond acceptors (Lipinski definition) is 4. The molecular weight excluding hydrogens is 256 g/mol. The van der Waals surface area contributed by atoms with Crippen LogP contribution in [-0.4, -0.2) is 12.0 Å². The summed E-state index contributed by atoms with van der Waals surface area (Å²) in [7, 11) is 1.94. The number of benzene rings is 1. The SMILES string of the molecule is CNCc1cnc(COc2ccc(C(C)C)cc2)s1. The molecule has 0 radical (unpaired) electrons. The van der Waals surface area contributed by atoms with E-state index in [0.717, 1.165) is 17.3 Å². The van der Waals surface area contributed by atoms with Gasteiger partial charge < -0.3 is 10.1 Å². The van der Waals surface area contributed by atoms with Crippen LogP contribution in [0.3, 0.4) is 0 Å². The molecule has 0 saturated heterocycles. The van der Waals surface area contributed by atoms with Crippen LogP contribution >= 0.6 is 11.3 Å². The average molecular weight is 276 g/mol. The van der Waals surface area contributed by atoms with E-state index >= 15 is 0 Å². The highest BCUT2D eigenvalue weighted by atomic mass is 32.1. The van der Waals surface area contributed by atoms with Gasteiger partial charge in [0.25, 0.3) is 0 Å². The van der Waals surface area contributed by atoms with Crippen molar-refractivity contribution in [3.63, 3.8) is 0 Å². The van der Waals surface area contributed by atoms with Gasteiger partial charge in [-0.3, -0.25) is 0 Å². The molecular formula is C15H20N2OS. The van der Waals surface area contributed by atoms with Gasteiger partial charge >= 0.3 is 0 Å². The molecule has 0 aliphatic heterocycles. The lowest BCUT2D eigenvalue weighted by Gasteiger charge is -2.07. The summed E-state index contributed by atoms with van der Waals surface area (Å²) < 4.78 is 5.75. The van der Waals surface area contributed by atoms with E-state index in [1.54, 1.807) is 11.3 Å². The van der Waals surface area contributed by atoms with Crippen molar-refractivity contribution in [1.29, 1.82) is 0 Å². The van der Waals surface area contributed by atoms with Gasteiger partial charge in [-0.2, -0.15) is 0 Å². The summed E-state index contributed by atoms with van der Waals surface area (Å²) >= 11 is 1.69. The third kappa shape index (κ3) is 4.04. The van der Waals surface area contributed by atoms with E-state index in [4.69, 9.17) is 4.74 Å². The van der Waals surface area contributed by atoms with Crippen molar-refractivity contribution >= 4 is 11.3 Å². The van der Waals surface area contributed by atoms with Gasteiger partial charge in [-0.15, -0.1) is 11.3 Å². The summed E-state index contributed by atoms with van der Waals surface area (Å²) in [5.41, 5.74) is 1.33. The largest absolute Gasteiger partial charge is 0.486 e. The number of hydrogen-bond donors (Lipinski definition) is 1. The molecule has 102 valence electrons. The van der Waals surface area contributed by atoms with Crippen LogP contribution in [0.4, 0.5) is 0 Å². The van der Waals surface area contributed by atoms with E-state index in [1.807, 2.05) is 25.4 Å². The van der Waals surface area contributed by atoms with Crippen molar-refractivity contribution in [2.24, 2.45) is 0 Å². The van der Waals surface area contributed by atoms with Crippen LogP contribution in [0, 0.1) is 0 Å².